The topological polar surface area (TPSA) is 24.4 Å². The van der Waals surface area contributed by atoms with E-state index in [0.717, 1.165) is 18.9 Å². The van der Waals surface area contributed by atoms with E-state index in [0.29, 0.717) is 0 Å². The zero-order valence-corrected chi connectivity index (χ0v) is 3.86. The molecule has 1 aliphatic heterocycles. The Labute approximate surface area is 37.3 Å². The highest BCUT2D eigenvalue weighted by molar-refractivity contribution is 5.85. The molecule has 6 heavy (non-hydrogen) atoms. The molecule has 1 N–H and O–H groups in total. The number of nitrogens with one attached hydrogen (secondary N) is 1. The van der Waals surface area contributed by atoms with Gasteiger partial charge in [0.25, 0.3) is 0 Å². The van der Waals surface area contributed by atoms with Crippen LogP contribution in [0.1, 0.15) is 13.3 Å². The van der Waals surface area contributed by atoms with Crippen LogP contribution >= 0.6 is 0 Å². The second-order valence-corrected chi connectivity index (χ2v) is 1.29. The monoisotopic (exact) mass is 84.1 g/mol. The lowest BCUT2D eigenvalue weighted by Gasteiger charge is -2.12. The van der Waals surface area contributed by atoms with E-state index in [1.165, 1.54) is 0 Å². The van der Waals surface area contributed by atoms with E-state index in [1.54, 1.807) is 0 Å². The van der Waals surface area contributed by atoms with Crippen molar-refractivity contribution in [1.29, 1.82) is 0 Å². The van der Waals surface area contributed by atoms with Crippen LogP contribution < -0.4 is 5.32 Å². The van der Waals surface area contributed by atoms with Crippen LogP contribution in [0.5, 0.6) is 0 Å². The van der Waals surface area contributed by atoms with E-state index in [1.807, 2.05) is 0 Å². The molecule has 1 rings (SSSR count). The van der Waals surface area contributed by atoms with Crippen molar-refractivity contribution in [3.63, 3.8) is 0 Å². The fraction of sp³-hybridized carbons (Fsp3) is 0.750. The molecule has 1 heterocycles. The third kappa shape index (κ3) is 0.379. The van der Waals surface area contributed by atoms with Gasteiger partial charge >= 0.3 is 0 Å². The number of aliphatic imine (C=N–C) groups is 1. The van der Waals surface area contributed by atoms with Crippen LogP contribution in [0, 0.1) is 0 Å². The van der Waals surface area contributed by atoms with Crippen molar-refractivity contribution < 1.29 is 0 Å². The fourth-order valence-electron chi connectivity index (χ4n) is 0.428. The second-order valence-electron chi connectivity index (χ2n) is 1.29. The van der Waals surface area contributed by atoms with Gasteiger partial charge in [0.1, 0.15) is 6.67 Å². The van der Waals surface area contributed by atoms with E-state index in [2.05, 4.69) is 17.2 Å². The second kappa shape index (κ2) is 1.29. The molecule has 0 fully saturated rings. The molecular weight excluding hydrogens is 76.1 g/mol. The SMILES string of the molecule is CCC1=NCN1. The molecule has 0 spiro atoms. The van der Waals surface area contributed by atoms with E-state index in [4.69, 9.17) is 0 Å². The summed E-state index contributed by atoms with van der Waals surface area (Å²) in [6.45, 7) is 2.92. The summed E-state index contributed by atoms with van der Waals surface area (Å²) in [5.41, 5.74) is 0. The molecule has 0 aromatic rings. The number of hydrogen-bond donors (Lipinski definition) is 1. The van der Waals surface area contributed by atoms with Crippen LogP contribution in [0.15, 0.2) is 4.99 Å². The van der Waals surface area contributed by atoms with Crippen molar-refractivity contribution in [3.8, 4) is 0 Å². The van der Waals surface area contributed by atoms with Crippen molar-refractivity contribution in [1.82, 2.24) is 5.32 Å². The maximum Gasteiger partial charge on any atom is 0.110 e. The first kappa shape index (κ1) is 3.65. The highest BCUT2D eigenvalue weighted by Gasteiger charge is 1.98. The minimum absolute atomic E-state index is 0.836. The quantitative estimate of drug-likeness (QED) is 0.487. The summed E-state index contributed by atoms with van der Waals surface area (Å²) in [5.74, 6) is 1.15. The average Bonchev–Trinajstić information content (AvgIpc) is 1.31. The van der Waals surface area contributed by atoms with E-state index >= 15 is 0 Å². The lowest BCUT2D eigenvalue weighted by Crippen LogP contribution is -2.32. The van der Waals surface area contributed by atoms with Crippen molar-refractivity contribution in [2.75, 3.05) is 6.67 Å². The molecule has 0 aromatic carbocycles. The first-order chi connectivity index (χ1) is 2.93. The minimum Gasteiger partial charge on any atom is -0.355 e. The number of amidine groups is 1. The summed E-state index contributed by atoms with van der Waals surface area (Å²) < 4.78 is 0. The molecule has 0 radical (unpaired) electrons. The van der Waals surface area contributed by atoms with Crippen LogP contribution in [0.25, 0.3) is 0 Å². The lowest BCUT2D eigenvalue weighted by atomic mass is 10.4. The Balaban J connectivity index is 2.32. The van der Waals surface area contributed by atoms with Gasteiger partial charge in [-0.15, -0.1) is 0 Å². The summed E-state index contributed by atoms with van der Waals surface area (Å²) in [4.78, 5) is 3.99. The van der Waals surface area contributed by atoms with Crippen molar-refractivity contribution in [2.45, 2.75) is 13.3 Å². The molecular formula is C4H8N2. The minimum atomic E-state index is 0.836. The molecule has 0 unspecified atom stereocenters. The lowest BCUT2D eigenvalue weighted by molar-refractivity contribution is 0.806. The Kier molecular flexibility index (Phi) is 0.783. The van der Waals surface area contributed by atoms with Gasteiger partial charge in [0, 0.05) is 6.42 Å². The van der Waals surface area contributed by atoms with Gasteiger partial charge in [-0.25, -0.2) is 0 Å². The Morgan fingerprint density at radius 1 is 2.00 bits per heavy atom. The predicted octanol–water partition coefficient (Wildman–Crippen LogP) is 0.356. The molecule has 0 saturated heterocycles. The number of rotatable bonds is 1. The van der Waals surface area contributed by atoms with Gasteiger partial charge in [-0.3, -0.25) is 4.99 Å². The zero-order chi connectivity index (χ0) is 4.41. The van der Waals surface area contributed by atoms with Crippen LogP contribution in [0.2, 0.25) is 0 Å². The Morgan fingerprint density at radius 3 is 2.67 bits per heavy atom. The molecule has 0 saturated carbocycles. The predicted molar refractivity (Wildman–Crippen MR) is 25.7 cm³/mol. The van der Waals surface area contributed by atoms with Crippen molar-refractivity contribution in [2.24, 2.45) is 4.99 Å². The maximum atomic E-state index is 3.99. The Bertz CT molecular complexity index is 75.6. The van der Waals surface area contributed by atoms with Crippen molar-refractivity contribution in [3.05, 3.63) is 0 Å². The summed E-state index contributed by atoms with van der Waals surface area (Å²) in [6, 6.07) is 0. The average molecular weight is 84.1 g/mol. The van der Waals surface area contributed by atoms with Gasteiger partial charge < -0.3 is 5.32 Å². The molecule has 34 valence electrons. The van der Waals surface area contributed by atoms with E-state index in [9.17, 15) is 0 Å². The van der Waals surface area contributed by atoms with Crippen LogP contribution in [0.3, 0.4) is 0 Å². The largest absolute Gasteiger partial charge is 0.355 e. The standard InChI is InChI=1S/C4H8N2/c1-2-4-5-3-6-4/h2-3H2,1H3,(H,5,6). The fourth-order valence-corrected chi connectivity index (χ4v) is 0.428. The summed E-state index contributed by atoms with van der Waals surface area (Å²) >= 11 is 0. The first-order valence-corrected chi connectivity index (χ1v) is 2.20. The van der Waals surface area contributed by atoms with E-state index in [-0.39, 0.29) is 0 Å². The van der Waals surface area contributed by atoms with Crippen LogP contribution in [-0.4, -0.2) is 12.5 Å². The molecule has 0 bridgehead atoms. The summed E-state index contributed by atoms with van der Waals surface area (Å²) in [5, 5.41) is 3.05. The first-order valence-electron chi connectivity index (χ1n) is 2.20. The highest BCUT2D eigenvalue weighted by Crippen LogP contribution is 1.87. The third-order valence-corrected chi connectivity index (χ3v) is 0.888. The molecule has 0 aromatic heterocycles. The molecule has 2 heteroatoms. The molecule has 2 nitrogen and oxygen atoms in total. The smallest absolute Gasteiger partial charge is 0.110 e. The zero-order valence-electron chi connectivity index (χ0n) is 3.86. The normalized spacial score (nSPS) is 17.8. The van der Waals surface area contributed by atoms with Gasteiger partial charge in [0.15, 0.2) is 0 Å². The Morgan fingerprint density at radius 2 is 2.67 bits per heavy atom. The molecule has 0 atom stereocenters. The molecule has 0 amide bonds. The summed E-state index contributed by atoms with van der Waals surface area (Å²) in [7, 11) is 0. The van der Waals surface area contributed by atoms with Crippen LogP contribution in [-0.2, 0) is 0 Å². The number of hydrogen-bond acceptors (Lipinski definition) is 2. The third-order valence-electron chi connectivity index (χ3n) is 0.888. The highest BCUT2D eigenvalue weighted by atomic mass is 15.2. The summed E-state index contributed by atoms with van der Waals surface area (Å²) in [6.07, 6.45) is 1.06. The van der Waals surface area contributed by atoms with Gasteiger partial charge in [0.2, 0.25) is 0 Å². The van der Waals surface area contributed by atoms with Gasteiger partial charge in [-0.2, -0.15) is 0 Å². The van der Waals surface area contributed by atoms with E-state index < -0.39 is 0 Å². The molecule has 0 aliphatic carbocycles. The molecule has 1 aliphatic rings. The van der Waals surface area contributed by atoms with Crippen LogP contribution in [0.4, 0.5) is 0 Å². The van der Waals surface area contributed by atoms with Gasteiger partial charge in [-0.05, 0) is 0 Å². The van der Waals surface area contributed by atoms with Gasteiger partial charge in [-0.1, -0.05) is 6.92 Å². The number of nitrogens with zero attached hydrogens (tertiary/aromatic N) is 1. The maximum absolute atomic E-state index is 3.99. The van der Waals surface area contributed by atoms with Gasteiger partial charge in [0.05, 0.1) is 5.84 Å². The Hall–Kier alpha value is -0.530. The van der Waals surface area contributed by atoms with Crippen molar-refractivity contribution >= 4 is 5.84 Å².